The molecule has 0 heterocycles. The summed E-state index contributed by atoms with van der Waals surface area (Å²) >= 11 is 0. The summed E-state index contributed by atoms with van der Waals surface area (Å²) in [6.07, 6.45) is 11.3. The Labute approximate surface area is 398 Å². The SMILES string of the molecule is CCCCCCCCCCCCC(=O)N(CCOCCOCCOCCOCCOCCOCCOCCOCCOCCOCCOCCOCCC(=O)N[C@@H](CCC=O)C(=O)O)C(=O)O. The van der Waals surface area contributed by atoms with Crippen molar-refractivity contribution in [3.05, 3.63) is 0 Å². The molecule has 0 fully saturated rings. The zero-order valence-corrected chi connectivity index (χ0v) is 40.5. The highest BCUT2D eigenvalue weighted by Crippen LogP contribution is 2.12. The third kappa shape index (κ3) is 47.9. The Morgan fingerprint density at radius 1 is 0.448 bits per heavy atom. The van der Waals surface area contributed by atoms with Crippen LogP contribution in [0.1, 0.15) is 96.8 Å². The van der Waals surface area contributed by atoms with E-state index in [0.717, 1.165) is 17.7 Å². The summed E-state index contributed by atoms with van der Waals surface area (Å²) in [7, 11) is 0. The number of carboxylic acid groups (broad SMARTS) is 2. The van der Waals surface area contributed by atoms with E-state index in [1.165, 1.54) is 44.9 Å². The molecule has 3 amide bonds. The van der Waals surface area contributed by atoms with Crippen molar-refractivity contribution in [3.63, 3.8) is 0 Å². The highest BCUT2D eigenvalue weighted by atomic mass is 16.6. The number of aliphatic carboxylic acids is 1. The highest BCUT2D eigenvalue weighted by Gasteiger charge is 2.20. The summed E-state index contributed by atoms with van der Waals surface area (Å²) < 4.78 is 65.5. The second kappa shape index (κ2) is 52.4. The minimum absolute atomic E-state index is 0.00667. The minimum atomic E-state index is -1.25. The average molecular weight is 971 g/mol. The fourth-order valence-electron chi connectivity index (χ4n) is 5.83. The van der Waals surface area contributed by atoms with Crippen LogP contribution in [-0.2, 0) is 76.0 Å². The van der Waals surface area contributed by atoms with Crippen molar-refractivity contribution >= 4 is 30.2 Å². The molecule has 0 aromatic carbocycles. The van der Waals surface area contributed by atoms with Crippen molar-refractivity contribution in [1.29, 1.82) is 0 Å². The van der Waals surface area contributed by atoms with Gasteiger partial charge in [-0.3, -0.25) is 9.59 Å². The van der Waals surface area contributed by atoms with Crippen LogP contribution in [0.15, 0.2) is 0 Å². The average Bonchev–Trinajstić information content (AvgIpc) is 3.31. The number of unbranched alkanes of at least 4 members (excludes halogenated alkanes) is 9. The molecular formula is C46H86N2O19. The molecule has 3 N–H and O–H groups in total. The van der Waals surface area contributed by atoms with Crippen molar-refractivity contribution in [2.45, 2.75) is 103 Å². The number of imide groups is 1. The van der Waals surface area contributed by atoms with Gasteiger partial charge in [-0.15, -0.1) is 0 Å². The molecule has 0 rings (SSSR count). The molecule has 1 atom stereocenters. The molecule has 67 heavy (non-hydrogen) atoms. The topological polar surface area (TPSA) is 252 Å². The molecule has 0 saturated heterocycles. The number of aldehydes is 1. The number of carboxylic acids is 1. The third-order valence-corrected chi connectivity index (χ3v) is 9.51. The molecule has 0 saturated carbocycles. The number of carbonyl (C=O) groups excluding carboxylic acids is 3. The van der Waals surface area contributed by atoms with Crippen LogP contribution in [0, 0.1) is 0 Å². The van der Waals surface area contributed by atoms with E-state index in [1.54, 1.807) is 0 Å². The van der Waals surface area contributed by atoms with Crippen LogP contribution in [0.5, 0.6) is 0 Å². The van der Waals surface area contributed by atoms with E-state index in [4.69, 9.17) is 61.9 Å². The van der Waals surface area contributed by atoms with E-state index in [1.807, 2.05) is 0 Å². The van der Waals surface area contributed by atoms with Gasteiger partial charge in [-0.25, -0.2) is 14.5 Å². The van der Waals surface area contributed by atoms with Crippen LogP contribution < -0.4 is 5.32 Å². The number of amides is 3. The first kappa shape index (κ1) is 64.1. The van der Waals surface area contributed by atoms with Gasteiger partial charge in [0.2, 0.25) is 11.8 Å². The van der Waals surface area contributed by atoms with Crippen LogP contribution in [0.4, 0.5) is 4.79 Å². The molecule has 0 radical (unpaired) electrons. The normalized spacial score (nSPS) is 11.8. The molecule has 0 aromatic heterocycles. The molecule has 0 bridgehead atoms. The standard InChI is InChI=1S/C46H86N2O19/c1-2-3-4-5-6-7-8-9-10-11-14-44(51)48(46(54)55)16-19-57-21-23-59-25-27-61-29-31-63-33-35-65-37-39-67-41-40-66-38-36-64-34-32-62-30-28-60-26-24-58-22-20-56-18-15-43(50)47-42(45(52)53)13-12-17-49/h17,42H,2-16,18-41H2,1H3,(H,47,50)(H,52,53)(H,54,55)/t42-/m0/s1. The summed E-state index contributed by atoms with van der Waals surface area (Å²) in [5.74, 6) is -2.01. The Kier molecular flexibility index (Phi) is 50.1. The minimum Gasteiger partial charge on any atom is -0.480 e. The largest absolute Gasteiger partial charge is 0.480 e. The van der Waals surface area contributed by atoms with Crippen LogP contribution in [0.25, 0.3) is 0 Å². The number of ether oxygens (including phenoxy) is 12. The molecule has 0 spiro atoms. The molecule has 21 heteroatoms. The number of hydrogen-bond acceptors (Lipinski definition) is 17. The van der Waals surface area contributed by atoms with Gasteiger partial charge in [-0.2, -0.15) is 0 Å². The lowest BCUT2D eigenvalue weighted by atomic mass is 10.1. The first-order valence-corrected chi connectivity index (χ1v) is 24.2. The predicted octanol–water partition coefficient (Wildman–Crippen LogP) is 3.94. The Hall–Kier alpha value is -2.93. The van der Waals surface area contributed by atoms with Gasteiger partial charge in [-0.1, -0.05) is 64.7 Å². The lowest BCUT2D eigenvalue weighted by molar-refractivity contribution is -0.142. The number of hydrogen-bond donors (Lipinski definition) is 3. The van der Waals surface area contributed by atoms with Gasteiger partial charge in [0.15, 0.2) is 0 Å². The molecule has 394 valence electrons. The second-order valence-corrected chi connectivity index (χ2v) is 15.1. The van der Waals surface area contributed by atoms with Crippen molar-refractivity contribution in [1.82, 2.24) is 10.2 Å². The number of nitrogens with one attached hydrogen (secondary N) is 1. The monoisotopic (exact) mass is 971 g/mol. The lowest BCUT2D eigenvalue weighted by Crippen LogP contribution is -2.41. The lowest BCUT2D eigenvalue weighted by Gasteiger charge is -2.17. The van der Waals surface area contributed by atoms with E-state index in [9.17, 15) is 29.1 Å². The fraction of sp³-hybridized carbons (Fsp3) is 0.891. The van der Waals surface area contributed by atoms with Gasteiger partial charge < -0.3 is 77.2 Å². The van der Waals surface area contributed by atoms with E-state index >= 15 is 0 Å². The van der Waals surface area contributed by atoms with Crippen LogP contribution in [0.3, 0.4) is 0 Å². The Bertz CT molecular complexity index is 1140. The number of rotatable bonds is 55. The molecule has 0 aliphatic heterocycles. The molecule has 21 nitrogen and oxygen atoms in total. The van der Waals surface area contributed by atoms with Crippen molar-refractivity contribution in [2.75, 3.05) is 165 Å². The van der Waals surface area contributed by atoms with Gasteiger partial charge in [0.05, 0.1) is 165 Å². The van der Waals surface area contributed by atoms with Gasteiger partial charge in [0.25, 0.3) is 0 Å². The quantitative estimate of drug-likeness (QED) is 0.0577. The number of nitrogens with zero attached hydrogens (tertiary/aromatic N) is 1. The van der Waals surface area contributed by atoms with E-state index < -0.39 is 24.0 Å². The van der Waals surface area contributed by atoms with Crippen molar-refractivity contribution in [2.24, 2.45) is 0 Å². The van der Waals surface area contributed by atoms with Gasteiger partial charge in [0.1, 0.15) is 12.3 Å². The summed E-state index contributed by atoms with van der Waals surface area (Å²) in [4.78, 5) is 58.1. The fourth-order valence-corrected chi connectivity index (χ4v) is 5.83. The molecular weight excluding hydrogens is 885 g/mol. The molecule has 0 aliphatic rings. The predicted molar refractivity (Wildman–Crippen MR) is 246 cm³/mol. The summed E-state index contributed by atoms with van der Waals surface area (Å²) in [6.45, 7) is 11.5. The second-order valence-electron chi connectivity index (χ2n) is 15.1. The first-order chi connectivity index (χ1) is 32.8. The van der Waals surface area contributed by atoms with Crippen LogP contribution >= 0.6 is 0 Å². The van der Waals surface area contributed by atoms with Crippen molar-refractivity contribution in [3.8, 4) is 0 Å². The molecule has 0 aromatic rings. The van der Waals surface area contributed by atoms with Gasteiger partial charge in [0, 0.05) is 19.3 Å². The smallest absolute Gasteiger partial charge is 0.414 e. The Morgan fingerprint density at radius 2 is 0.761 bits per heavy atom. The molecule has 0 aliphatic carbocycles. The highest BCUT2D eigenvalue weighted by molar-refractivity contribution is 5.91. The zero-order valence-electron chi connectivity index (χ0n) is 40.5. The number of carbonyl (C=O) groups is 5. The molecule has 0 unspecified atom stereocenters. The van der Waals surface area contributed by atoms with Crippen molar-refractivity contribution < 1.29 is 91.0 Å². The van der Waals surface area contributed by atoms with Gasteiger partial charge in [-0.05, 0) is 12.8 Å². The van der Waals surface area contributed by atoms with E-state index in [2.05, 4.69) is 12.2 Å². The van der Waals surface area contributed by atoms with E-state index in [-0.39, 0.29) is 58.0 Å². The maximum absolute atomic E-state index is 12.4. The summed E-state index contributed by atoms with van der Waals surface area (Å²) in [6, 6.07) is -1.09. The van der Waals surface area contributed by atoms with E-state index in [0.29, 0.717) is 151 Å². The first-order valence-electron chi connectivity index (χ1n) is 24.2. The Balaban J connectivity index is 3.32. The van der Waals surface area contributed by atoms with Crippen LogP contribution in [0.2, 0.25) is 0 Å². The van der Waals surface area contributed by atoms with Crippen LogP contribution in [-0.4, -0.2) is 216 Å². The zero-order chi connectivity index (χ0) is 48.9. The maximum atomic E-state index is 12.4. The summed E-state index contributed by atoms with van der Waals surface area (Å²) in [5, 5.41) is 20.9. The maximum Gasteiger partial charge on any atom is 0.414 e. The van der Waals surface area contributed by atoms with Gasteiger partial charge >= 0.3 is 12.1 Å². The summed E-state index contributed by atoms with van der Waals surface area (Å²) in [5.41, 5.74) is 0. The Morgan fingerprint density at radius 3 is 1.07 bits per heavy atom. The third-order valence-electron chi connectivity index (χ3n) is 9.51.